The summed E-state index contributed by atoms with van der Waals surface area (Å²) in [4.78, 5) is 51.4. The van der Waals surface area contributed by atoms with Gasteiger partial charge in [0.05, 0.1) is 17.6 Å². The van der Waals surface area contributed by atoms with E-state index in [1.807, 2.05) is 0 Å². The maximum atomic E-state index is 12.5. The fraction of sp³-hybridized carbons (Fsp3) is 0.444. The summed E-state index contributed by atoms with van der Waals surface area (Å²) in [6, 6.07) is 0. The number of rotatable bonds is 4. The SMILES string of the molecule is COC(=O)c1c(NC(=O)CN2C(=O)SC(=C(C)C)C2=O)sc2c1CCCC2. The average molecular weight is 409 g/mol. The smallest absolute Gasteiger partial charge is 0.341 e. The van der Waals surface area contributed by atoms with Crippen LogP contribution >= 0.6 is 23.1 Å². The van der Waals surface area contributed by atoms with Crippen LogP contribution in [0.1, 0.15) is 47.5 Å². The minimum absolute atomic E-state index is 0.356. The molecule has 0 spiro atoms. The van der Waals surface area contributed by atoms with Crippen LogP contribution in [0, 0.1) is 0 Å². The number of aryl methyl sites for hydroxylation is 1. The third-order valence-corrected chi connectivity index (χ3v) is 6.81. The molecule has 1 fully saturated rings. The lowest BCUT2D eigenvalue weighted by molar-refractivity contribution is -0.127. The molecular formula is C18H20N2O5S2. The highest BCUT2D eigenvalue weighted by Gasteiger charge is 2.37. The number of anilines is 1. The molecule has 0 unspecified atom stereocenters. The summed E-state index contributed by atoms with van der Waals surface area (Å²) in [5, 5.41) is 2.66. The lowest BCUT2D eigenvalue weighted by Crippen LogP contribution is -2.36. The molecule has 0 radical (unpaired) electrons. The van der Waals surface area contributed by atoms with E-state index in [0.717, 1.165) is 58.4 Å². The first-order valence-corrected chi connectivity index (χ1v) is 10.2. The first kappa shape index (κ1) is 19.6. The molecule has 7 nitrogen and oxygen atoms in total. The number of thiophene rings is 1. The molecule has 1 aliphatic carbocycles. The Morgan fingerprint density at radius 3 is 2.52 bits per heavy atom. The van der Waals surface area contributed by atoms with Crippen LogP contribution in [-0.2, 0) is 27.2 Å². The minimum Gasteiger partial charge on any atom is -0.465 e. The van der Waals surface area contributed by atoms with Gasteiger partial charge in [0.1, 0.15) is 11.5 Å². The van der Waals surface area contributed by atoms with Crippen LogP contribution in [0.5, 0.6) is 0 Å². The number of nitrogens with zero attached hydrogens (tertiary/aromatic N) is 1. The Morgan fingerprint density at radius 1 is 1.19 bits per heavy atom. The Morgan fingerprint density at radius 2 is 1.89 bits per heavy atom. The number of carbonyl (C=O) groups excluding carboxylic acids is 4. The third kappa shape index (κ3) is 3.79. The van der Waals surface area contributed by atoms with E-state index >= 15 is 0 Å². The van der Waals surface area contributed by atoms with Crippen LogP contribution in [0.4, 0.5) is 9.80 Å². The van der Waals surface area contributed by atoms with Gasteiger partial charge in [-0.1, -0.05) is 5.57 Å². The van der Waals surface area contributed by atoms with E-state index in [9.17, 15) is 19.2 Å². The standard InChI is InChI=1S/C18H20N2O5S2/c1-9(2)14-16(22)20(18(24)27-14)8-12(21)19-15-13(17(23)25-3)10-6-4-5-7-11(10)26-15/h4-8H2,1-3H3,(H,19,21). The van der Waals surface area contributed by atoms with Crippen LogP contribution in [0.3, 0.4) is 0 Å². The fourth-order valence-electron chi connectivity index (χ4n) is 3.13. The van der Waals surface area contributed by atoms with E-state index in [1.165, 1.54) is 18.4 Å². The fourth-order valence-corrected chi connectivity index (χ4v) is 5.25. The van der Waals surface area contributed by atoms with Crippen molar-refractivity contribution in [1.82, 2.24) is 4.90 Å². The number of hydrogen-bond acceptors (Lipinski definition) is 7. The van der Waals surface area contributed by atoms with Gasteiger partial charge < -0.3 is 10.1 Å². The molecule has 0 bridgehead atoms. The topological polar surface area (TPSA) is 92.8 Å². The van der Waals surface area contributed by atoms with Gasteiger partial charge in [0.2, 0.25) is 5.91 Å². The second-order valence-electron chi connectivity index (χ2n) is 6.54. The van der Waals surface area contributed by atoms with Crippen molar-refractivity contribution < 1.29 is 23.9 Å². The van der Waals surface area contributed by atoms with Crippen LogP contribution in [0.2, 0.25) is 0 Å². The van der Waals surface area contributed by atoms with Crippen molar-refractivity contribution in [2.24, 2.45) is 0 Å². The van der Waals surface area contributed by atoms with E-state index in [1.54, 1.807) is 13.8 Å². The van der Waals surface area contributed by atoms with Crippen molar-refractivity contribution in [2.45, 2.75) is 39.5 Å². The Hall–Kier alpha value is -2.13. The van der Waals surface area contributed by atoms with Gasteiger partial charge in [-0.2, -0.15) is 0 Å². The Labute approximate surface area is 165 Å². The second kappa shape index (κ2) is 7.85. The van der Waals surface area contributed by atoms with Gasteiger partial charge in [0.15, 0.2) is 0 Å². The number of allylic oxidation sites excluding steroid dienone is 1. The molecule has 9 heteroatoms. The molecule has 1 saturated heterocycles. The number of thioether (sulfide) groups is 1. The van der Waals surface area contributed by atoms with E-state index in [2.05, 4.69) is 5.32 Å². The summed E-state index contributed by atoms with van der Waals surface area (Å²) in [5.41, 5.74) is 2.06. The number of carbonyl (C=O) groups is 4. The Balaban J connectivity index is 1.80. The zero-order valence-corrected chi connectivity index (χ0v) is 17.0. The summed E-state index contributed by atoms with van der Waals surface area (Å²) in [6.45, 7) is 3.11. The van der Waals surface area contributed by atoms with Gasteiger partial charge in [-0.15, -0.1) is 11.3 Å². The van der Waals surface area contributed by atoms with Gasteiger partial charge in [0.25, 0.3) is 11.1 Å². The number of fused-ring (bicyclic) bond motifs is 1. The van der Waals surface area contributed by atoms with Crippen molar-refractivity contribution in [3.8, 4) is 0 Å². The monoisotopic (exact) mass is 408 g/mol. The molecule has 144 valence electrons. The molecular weight excluding hydrogens is 388 g/mol. The molecule has 1 N–H and O–H groups in total. The van der Waals surface area contributed by atoms with Gasteiger partial charge in [-0.05, 0) is 56.9 Å². The van der Waals surface area contributed by atoms with Crippen LogP contribution in [0.15, 0.2) is 10.5 Å². The molecule has 1 aliphatic heterocycles. The lowest BCUT2D eigenvalue weighted by Gasteiger charge is -2.13. The molecule has 2 aliphatic rings. The van der Waals surface area contributed by atoms with Gasteiger partial charge >= 0.3 is 5.97 Å². The molecule has 1 aromatic heterocycles. The van der Waals surface area contributed by atoms with Crippen molar-refractivity contribution >= 4 is 51.1 Å². The van der Waals surface area contributed by atoms with Gasteiger partial charge in [-0.25, -0.2) is 4.79 Å². The normalized spacial score (nSPS) is 16.4. The number of imide groups is 1. The predicted molar refractivity (Wildman–Crippen MR) is 104 cm³/mol. The summed E-state index contributed by atoms with van der Waals surface area (Å²) >= 11 is 2.20. The van der Waals surface area contributed by atoms with E-state index in [4.69, 9.17) is 4.74 Å². The number of methoxy groups -OCH3 is 1. The average Bonchev–Trinajstić information content (AvgIpc) is 3.12. The number of hydrogen-bond donors (Lipinski definition) is 1. The molecule has 3 amide bonds. The number of esters is 1. The van der Waals surface area contributed by atoms with Crippen molar-refractivity contribution in [1.29, 1.82) is 0 Å². The largest absolute Gasteiger partial charge is 0.465 e. The summed E-state index contributed by atoms with van der Waals surface area (Å²) in [7, 11) is 1.31. The van der Waals surface area contributed by atoms with Gasteiger partial charge in [-0.3, -0.25) is 19.3 Å². The highest BCUT2D eigenvalue weighted by Crippen LogP contribution is 2.39. The predicted octanol–water partition coefficient (Wildman–Crippen LogP) is 3.34. The van der Waals surface area contributed by atoms with Gasteiger partial charge in [0, 0.05) is 4.88 Å². The molecule has 3 rings (SSSR count). The molecule has 2 heterocycles. The second-order valence-corrected chi connectivity index (χ2v) is 8.61. The molecule has 1 aromatic rings. The zero-order chi connectivity index (χ0) is 19.7. The van der Waals surface area contributed by atoms with E-state index < -0.39 is 23.0 Å². The summed E-state index contributed by atoms with van der Waals surface area (Å²) in [6.07, 6.45) is 3.67. The van der Waals surface area contributed by atoms with Crippen LogP contribution in [0.25, 0.3) is 0 Å². The zero-order valence-electron chi connectivity index (χ0n) is 15.3. The molecule has 0 saturated carbocycles. The van der Waals surface area contributed by atoms with Crippen LogP contribution < -0.4 is 5.32 Å². The Kier molecular flexibility index (Phi) is 5.71. The van der Waals surface area contributed by atoms with Crippen molar-refractivity contribution in [3.63, 3.8) is 0 Å². The minimum atomic E-state index is -0.518. The first-order chi connectivity index (χ1) is 12.8. The highest BCUT2D eigenvalue weighted by molar-refractivity contribution is 8.18. The van der Waals surface area contributed by atoms with Crippen molar-refractivity contribution in [2.75, 3.05) is 19.0 Å². The maximum absolute atomic E-state index is 12.5. The number of nitrogens with one attached hydrogen (secondary N) is 1. The van der Waals surface area contributed by atoms with Crippen LogP contribution in [-0.4, -0.2) is 41.6 Å². The number of ether oxygens (including phenoxy) is 1. The van der Waals surface area contributed by atoms with E-state index in [0.29, 0.717) is 15.5 Å². The quantitative estimate of drug-likeness (QED) is 0.607. The lowest BCUT2D eigenvalue weighted by atomic mass is 9.95. The molecule has 0 atom stereocenters. The first-order valence-electron chi connectivity index (χ1n) is 8.57. The van der Waals surface area contributed by atoms with E-state index in [-0.39, 0.29) is 6.54 Å². The summed E-state index contributed by atoms with van der Waals surface area (Å²) in [5.74, 6) is -1.46. The number of amides is 3. The molecule has 27 heavy (non-hydrogen) atoms. The van der Waals surface area contributed by atoms with Crippen molar-refractivity contribution in [3.05, 3.63) is 26.5 Å². The Bertz CT molecular complexity index is 867. The maximum Gasteiger partial charge on any atom is 0.341 e. The molecule has 0 aromatic carbocycles. The third-order valence-electron chi connectivity index (χ3n) is 4.42. The highest BCUT2D eigenvalue weighted by atomic mass is 32.2. The summed E-state index contributed by atoms with van der Waals surface area (Å²) < 4.78 is 4.88.